The van der Waals surface area contributed by atoms with E-state index < -0.39 is 12.2 Å². The molecule has 2 atom stereocenters. The first-order chi connectivity index (χ1) is 11.1. The van der Waals surface area contributed by atoms with Gasteiger partial charge in [-0.05, 0) is 11.1 Å². The van der Waals surface area contributed by atoms with Gasteiger partial charge in [-0.1, -0.05) is 24.3 Å². The Morgan fingerprint density at radius 2 is 1.00 bits per heavy atom. The lowest BCUT2D eigenvalue weighted by Gasteiger charge is -2.32. The van der Waals surface area contributed by atoms with Gasteiger partial charge in [-0.2, -0.15) is 0 Å². The van der Waals surface area contributed by atoms with E-state index in [4.69, 9.17) is 10.2 Å². The Balaban J connectivity index is 2.71. The molecule has 1 aromatic rings. The maximum Gasteiger partial charge on any atom is 0.128 e. The molecule has 24 heavy (non-hydrogen) atoms. The molecular formula is C18H34N2O4+2. The van der Waals surface area contributed by atoms with Gasteiger partial charge in [0.25, 0.3) is 0 Å². The number of benzene rings is 1. The van der Waals surface area contributed by atoms with Gasteiger partial charge in [0, 0.05) is 0 Å². The second-order valence-corrected chi connectivity index (χ2v) is 7.83. The number of nitrogens with zero attached hydrogens (tertiary/aromatic N) is 2. The lowest BCUT2D eigenvalue weighted by molar-refractivity contribution is -0.894. The molecule has 1 rings (SSSR count). The first-order valence-electron chi connectivity index (χ1n) is 8.42. The van der Waals surface area contributed by atoms with Crippen LogP contribution in [0.25, 0.3) is 0 Å². The normalized spacial score (nSPS) is 15.3. The van der Waals surface area contributed by atoms with Gasteiger partial charge in [-0.15, -0.1) is 0 Å². The maximum atomic E-state index is 10.4. The summed E-state index contributed by atoms with van der Waals surface area (Å²) in [7, 11) is 7.88. The average Bonchev–Trinajstić information content (AvgIpc) is 2.46. The zero-order chi connectivity index (χ0) is 18.4. The molecule has 0 fully saturated rings. The molecule has 0 spiro atoms. The predicted octanol–water partition coefficient (Wildman–Crippen LogP) is -0.109. The van der Waals surface area contributed by atoms with Crippen molar-refractivity contribution in [3.8, 4) is 0 Å². The largest absolute Gasteiger partial charge is 0.391 e. The predicted molar refractivity (Wildman–Crippen MR) is 94.2 cm³/mol. The van der Waals surface area contributed by atoms with Crippen molar-refractivity contribution in [1.29, 1.82) is 0 Å². The Hall–Kier alpha value is -1.02. The minimum Gasteiger partial charge on any atom is -0.391 e. The van der Waals surface area contributed by atoms with E-state index >= 15 is 0 Å². The van der Waals surface area contributed by atoms with Gasteiger partial charge in [-0.25, -0.2) is 0 Å². The van der Waals surface area contributed by atoms with E-state index in [1.807, 2.05) is 52.5 Å². The Labute approximate surface area is 145 Å². The number of quaternary nitrogens is 2. The summed E-state index contributed by atoms with van der Waals surface area (Å²) in [5.41, 5.74) is 1.61. The third-order valence-corrected chi connectivity index (χ3v) is 4.45. The Bertz CT molecular complexity index is 443. The van der Waals surface area contributed by atoms with Gasteiger partial charge in [-0.3, -0.25) is 0 Å². The fraction of sp³-hybridized carbons (Fsp3) is 0.667. The molecule has 0 amide bonds. The number of aliphatic hydroxyl groups excluding tert-OH is 4. The molecule has 1 aromatic carbocycles. The van der Waals surface area contributed by atoms with Crippen molar-refractivity contribution >= 4 is 0 Å². The summed E-state index contributed by atoms with van der Waals surface area (Å²) >= 11 is 0. The molecule has 0 saturated carbocycles. The van der Waals surface area contributed by atoms with Crippen LogP contribution < -0.4 is 0 Å². The number of aliphatic hydroxyl groups is 4. The van der Waals surface area contributed by atoms with Crippen LogP contribution in [0.15, 0.2) is 24.3 Å². The van der Waals surface area contributed by atoms with Gasteiger partial charge in [0.05, 0.1) is 41.4 Å². The summed E-state index contributed by atoms with van der Waals surface area (Å²) in [6.45, 7) is 2.39. The van der Waals surface area contributed by atoms with E-state index in [1.54, 1.807) is 0 Å². The van der Waals surface area contributed by atoms with E-state index in [-0.39, 0.29) is 13.2 Å². The fourth-order valence-corrected chi connectivity index (χ4v) is 2.81. The van der Waals surface area contributed by atoms with E-state index in [2.05, 4.69) is 0 Å². The van der Waals surface area contributed by atoms with Crippen LogP contribution in [0.4, 0.5) is 0 Å². The van der Waals surface area contributed by atoms with E-state index in [0.717, 1.165) is 11.1 Å². The highest BCUT2D eigenvalue weighted by Crippen LogP contribution is 2.21. The van der Waals surface area contributed by atoms with Crippen molar-refractivity contribution in [2.45, 2.75) is 12.2 Å². The molecular weight excluding hydrogens is 308 g/mol. The number of likely N-dealkylation sites (N-methyl/N-ethyl adjacent to an activating group) is 2. The van der Waals surface area contributed by atoms with Crippen molar-refractivity contribution in [2.24, 2.45) is 0 Å². The fourth-order valence-electron chi connectivity index (χ4n) is 2.81. The molecule has 138 valence electrons. The molecule has 0 aromatic heterocycles. The first kappa shape index (κ1) is 21.0. The van der Waals surface area contributed by atoms with Crippen molar-refractivity contribution in [1.82, 2.24) is 0 Å². The highest BCUT2D eigenvalue weighted by atomic mass is 16.3. The summed E-state index contributed by atoms with van der Waals surface area (Å²) in [5, 5.41) is 38.9. The Morgan fingerprint density at radius 3 is 1.25 bits per heavy atom. The second kappa shape index (κ2) is 8.89. The monoisotopic (exact) mass is 342 g/mol. The van der Waals surface area contributed by atoms with Crippen LogP contribution in [0.5, 0.6) is 0 Å². The van der Waals surface area contributed by atoms with Crippen LogP contribution in [0.3, 0.4) is 0 Å². The lowest BCUT2D eigenvalue weighted by Crippen LogP contribution is -2.45. The van der Waals surface area contributed by atoms with Gasteiger partial charge in [0.15, 0.2) is 0 Å². The minimum atomic E-state index is -0.612. The molecule has 0 aliphatic carbocycles. The van der Waals surface area contributed by atoms with Gasteiger partial charge in [0.2, 0.25) is 0 Å². The van der Waals surface area contributed by atoms with Crippen LogP contribution >= 0.6 is 0 Å². The molecule has 0 radical (unpaired) electrons. The zero-order valence-corrected chi connectivity index (χ0v) is 15.4. The molecule has 6 nitrogen and oxygen atoms in total. The van der Waals surface area contributed by atoms with E-state index in [1.165, 1.54) is 0 Å². The molecule has 6 heteroatoms. The average molecular weight is 342 g/mol. The van der Waals surface area contributed by atoms with Crippen LogP contribution in [-0.4, -0.2) is 97.0 Å². The second-order valence-electron chi connectivity index (χ2n) is 7.83. The summed E-state index contributed by atoms with van der Waals surface area (Å²) < 4.78 is 1.07. The summed E-state index contributed by atoms with van der Waals surface area (Å²) in [6, 6.07) is 7.37. The lowest BCUT2D eigenvalue weighted by atomic mass is 10.0. The van der Waals surface area contributed by atoms with Gasteiger partial charge < -0.3 is 29.4 Å². The number of hydrogen-bond donors (Lipinski definition) is 4. The van der Waals surface area contributed by atoms with Crippen LogP contribution in [0.2, 0.25) is 0 Å². The van der Waals surface area contributed by atoms with Crippen molar-refractivity contribution < 1.29 is 29.4 Å². The molecule has 0 saturated heterocycles. The molecule has 0 aliphatic rings. The van der Waals surface area contributed by atoms with Crippen molar-refractivity contribution in [2.75, 3.05) is 67.6 Å². The third-order valence-electron chi connectivity index (χ3n) is 4.45. The molecule has 0 aliphatic heterocycles. The molecule has 2 unspecified atom stereocenters. The van der Waals surface area contributed by atoms with Crippen LogP contribution in [-0.2, 0) is 0 Å². The highest BCUT2D eigenvalue weighted by Gasteiger charge is 2.23. The van der Waals surface area contributed by atoms with E-state index in [0.29, 0.717) is 35.1 Å². The van der Waals surface area contributed by atoms with Crippen LogP contribution in [0, 0.1) is 0 Å². The standard InChI is InChI=1S/C18H34N2O4/c1-19(2,9-11-21)13-17(23)15-5-7-16(8-6-15)18(24)14-20(3,4)10-12-22/h5-8,17-18,21-24H,9-14H2,1-4H3/q+2. The molecule has 0 heterocycles. The van der Waals surface area contributed by atoms with Crippen LogP contribution in [0.1, 0.15) is 23.3 Å². The quantitative estimate of drug-likeness (QED) is 0.447. The summed E-state index contributed by atoms with van der Waals surface area (Å²) in [4.78, 5) is 0. The number of hydrogen-bond acceptors (Lipinski definition) is 4. The van der Waals surface area contributed by atoms with Crippen molar-refractivity contribution in [3.63, 3.8) is 0 Å². The number of rotatable bonds is 10. The summed E-state index contributed by atoms with van der Waals surface area (Å²) in [5.74, 6) is 0. The van der Waals surface area contributed by atoms with E-state index in [9.17, 15) is 10.2 Å². The van der Waals surface area contributed by atoms with Gasteiger partial charge >= 0.3 is 0 Å². The summed E-state index contributed by atoms with van der Waals surface area (Å²) in [6.07, 6.45) is -1.22. The maximum absolute atomic E-state index is 10.4. The topological polar surface area (TPSA) is 80.9 Å². The molecule has 4 N–H and O–H groups in total. The Morgan fingerprint density at radius 1 is 0.708 bits per heavy atom. The minimum absolute atomic E-state index is 0.0900. The molecule has 0 bridgehead atoms. The zero-order valence-electron chi connectivity index (χ0n) is 15.4. The van der Waals surface area contributed by atoms with Gasteiger partial charge in [0.1, 0.15) is 38.4 Å². The Kier molecular flexibility index (Phi) is 7.79. The SMILES string of the molecule is C[N+](C)(CCO)CC(O)c1ccc(C(O)C[N+](C)(C)CCO)cc1. The first-order valence-corrected chi connectivity index (χ1v) is 8.42. The third kappa shape index (κ3) is 6.84. The van der Waals surface area contributed by atoms with Crippen molar-refractivity contribution in [3.05, 3.63) is 35.4 Å². The highest BCUT2D eigenvalue weighted by molar-refractivity contribution is 5.25. The smallest absolute Gasteiger partial charge is 0.128 e.